The first-order chi connectivity index (χ1) is 8.69. The second-order valence-corrected chi connectivity index (χ2v) is 3.86. The number of nitrogens with zero attached hydrogens (tertiary/aromatic N) is 2. The number of hydrogen-bond acceptors (Lipinski definition) is 3. The summed E-state index contributed by atoms with van der Waals surface area (Å²) in [5, 5.41) is 17.5. The second kappa shape index (κ2) is 5.15. The normalized spacial score (nSPS) is 10.4. The summed E-state index contributed by atoms with van der Waals surface area (Å²) in [6, 6.07) is 12.2. The van der Waals surface area contributed by atoms with E-state index in [9.17, 15) is 5.11 Å². The van der Waals surface area contributed by atoms with Crippen molar-refractivity contribution in [2.24, 2.45) is 10.2 Å². The quantitative estimate of drug-likeness (QED) is 0.619. The number of benzene rings is 2. The Kier molecular flexibility index (Phi) is 3.40. The number of terminal acetylenes is 1. The smallest absolute Gasteiger partial charge is 0.115 e. The Hall–Kier alpha value is -2.60. The first kappa shape index (κ1) is 11.9. The maximum Gasteiger partial charge on any atom is 0.115 e. The van der Waals surface area contributed by atoms with Gasteiger partial charge in [-0.3, -0.25) is 0 Å². The van der Waals surface area contributed by atoms with Crippen LogP contribution in [0.2, 0.25) is 0 Å². The van der Waals surface area contributed by atoms with E-state index < -0.39 is 0 Å². The van der Waals surface area contributed by atoms with E-state index >= 15 is 0 Å². The Bertz CT molecular complexity index is 622. The van der Waals surface area contributed by atoms with Crippen LogP contribution in [0.1, 0.15) is 11.1 Å². The van der Waals surface area contributed by atoms with Crippen molar-refractivity contribution in [3.05, 3.63) is 53.6 Å². The van der Waals surface area contributed by atoms with E-state index in [1.807, 2.05) is 31.2 Å². The molecular formula is C15H12N2O. The molecule has 0 aromatic heterocycles. The number of aryl methyl sites for hydroxylation is 1. The van der Waals surface area contributed by atoms with Crippen LogP contribution in [-0.2, 0) is 0 Å². The van der Waals surface area contributed by atoms with Gasteiger partial charge in [0, 0.05) is 5.56 Å². The highest BCUT2D eigenvalue weighted by Gasteiger charge is 1.97. The van der Waals surface area contributed by atoms with Gasteiger partial charge < -0.3 is 5.11 Å². The van der Waals surface area contributed by atoms with Gasteiger partial charge in [-0.1, -0.05) is 5.92 Å². The molecule has 0 atom stereocenters. The molecular weight excluding hydrogens is 224 g/mol. The molecule has 0 fully saturated rings. The van der Waals surface area contributed by atoms with Crippen LogP contribution in [0, 0.1) is 19.3 Å². The number of rotatable bonds is 2. The Balaban J connectivity index is 2.22. The molecule has 0 radical (unpaired) electrons. The predicted molar refractivity (Wildman–Crippen MR) is 71.4 cm³/mol. The van der Waals surface area contributed by atoms with Crippen molar-refractivity contribution in [2.75, 3.05) is 0 Å². The maximum atomic E-state index is 9.29. The van der Waals surface area contributed by atoms with Crippen LogP contribution in [0.15, 0.2) is 52.7 Å². The zero-order valence-corrected chi connectivity index (χ0v) is 9.96. The highest BCUT2D eigenvalue weighted by molar-refractivity contribution is 5.49. The van der Waals surface area contributed by atoms with Crippen LogP contribution in [0.25, 0.3) is 0 Å². The van der Waals surface area contributed by atoms with Crippen molar-refractivity contribution >= 4 is 11.4 Å². The highest BCUT2D eigenvalue weighted by atomic mass is 16.3. The molecule has 0 saturated carbocycles. The third-order valence-corrected chi connectivity index (χ3v) is 2.49. The van der Waals surface area contributed by atoms with Crippen molar-refractivity contribution in [3.63, 3.8) is 0 Å². The molecule has 2 rings (SSSR count). The lowest BCUT2D eigenvalue weighted by atomic mass is 10.2. The Morgan fingerprint density at radius 3 is 2.39 bits per heavy atom. The maximum absolute atomic E-state index is 9.29. The molecule has 0 aliphatic carbocycles. The fourth-order valence-corrected chi connectivity index (χ4v) is 1.49. The lowest BCUT2D eigenvalue weighted by Crippen LogP contribution is -1.74. The number of aromatic hydroxyl groups is 1. The van der Waals surface area contributed by atoms with Crippen molar-refractivity contribution < 1.29 is 5.11 Å². The summed E-state index contributed by atoms with van der Waals surface area (Å²) in [4.78, 5) is 0. The van der Waals surface area contributed by atoms with E-state index in [4.69, 9.17) is 6.42 Å². The fourth-order valence-electron chi connectivity index (χ4n) is 1.49. The van der Waals surface area contributed by atoms with Gasteiger partial charge in [-0.2, -0.15) is 10.2 Å². The van der Waals surface area contributed by atoms with Gasteiger partial charge in [-0.15, -0.1) is 6.42 Å². The zero-order chi connectivity index (χ0) is 13.0. The number of hydrogen-bond donors (Lipinski definition) is 1. The van der Waals surface area contributed by atoms with E-state index in [-0.39, 0.29) is 5.75 Å². The van der Waals surface area contributed by atoms with Crippen LogP contribution in [0.5, 0.6) is 5.75 Å². The molecule has 88 valence electrons. The molecule has 3 heteroatoms. The van der Waals surface area contributed by atoms with Gasteiger partial charge in [0.05, 0.1) is 11.4 Å². The van der Waals surface area contributed by atoms with E-state index in [0.717, 1.165) is 22.5 Å². The van der Waals surface area contributed by atoms with Gasteiger partial charge in [0.1, 0.15) is 5.75 Å². The molecule has 0 saturated heterocycles. The van der Waals surface area contributed by atoms with Gasteiger partial charge in [-0.25, -0.2) is 0 Å². The Labute approximate surface area is 106 Å². The van der Waals surface area contributed by atoms with E-state index in [0.29, 0.717) is 0 Å². The van der Waals surface area contributed by atoms with Crippen LogP contribution >= 0.6 is 0 Å². The average Bonchev–Trinajstić information content (AvgIpc) is 2.38. The molecule has 0 spiro atoms. The van der Waals surface area contributed by atoms with Gasteiger partial charge in [0.2, 0.25) is 0 Å². The largest absolute Gasteiger partial charge is 0.508 e. The van der Waals surface area contributed by atoms with Gasteiger partial charge in [0.25, 0.3) is 0 Å². The first-order valence-electron chi connectivity index (χ1n) is 5.47. The molecule has 0 heterocycles. The van der Waals surface area contributed by atoms with Crippen LogP contribution in [0.4, 0.5) is 11.4 Å². The first-order valence-corrected chi connectivity index (χ1v) is 5.47. The van der Waals surface area contributed by atoms with Crippen LogP contribution < -0.4 is 0 Å². The molecule has 2 aromatic rings. The summed E-state index contributed by atoms with van der Waals surface area (Å²) in [5.41, 5.74) is 3.16. The van der Waals surface area contributed by atoms with Crippen LogP contribution in [-0.4, -0.2) is 5.11 Å². The molecule has 2 aromatic carbocycles. The lowest BCUT2D eigenvalue weighted by molar-refractivity contribution is 0.475. The summed E-state index contributed by atoms with van der Waals surface area (Å²) in [6.45, 7) is 1.87. The molecule has 0 unspecified atom stereocenters. The third-order valence-electron chi connectivity index (χ3n) is 2.49. The van der Waals surface area contributed by atoms with Crippen molar-refractivity contribution in [3.8, 4) is 18.1 Å². The zero-order valence-electron chi connectivity index (χ0n) is 9.96. The lowest BCUT2D eigenvalue weighted by Gasteiger charge is -1.99. The van der Waals surface area contributed by atoms with E-state index in [2.05, 4.69) is 16.1 Å². The topological polar surface area (TPSA) is 45.0 Å². The molecule has 1 N–H and O–H groups in total. The van der Waals surface area contributed by atoms with Gasteiger partial charge in [0.15, 0.2) is 0 Å². The third kappa shape index (κ3) is 2.74. The number of phenols is 1. The van der Waals surface area contributed by atoms with Crippen molar-refractivity contribution in [1.82, 2.24) is 0 Å². The molecule has 18 heavy (non-hydrogen) atoms. The average molecular weight is 236 g/mol. The summed E-state index contributed by atoms with van der Waals surface area (Å²) in [6.07, 6.45) is 5.27. The Morgan fingerprint density at radius 1 is 1.06 bits per heavy atom. The highest BCUT2D eigenvalue weighted by Crippen LogP contribution is 2.25. The van der Waals surface area contributed by atoms with Crippen LogP contribution in [0.3, 0.4) is 0 Å². The minimum absolute atomic E-state index is 0.227. The summed E-state index contributed by atoms with van der Waals surface area (Å²) < 4.78 is 0. The van der Waals surface area contributed by atoms with Gasteiger partial charge in [-0.05, 0) is 55.0 Å². The van der Waals surface area contributed by atoms with Gasteiger partial charge >= 0.3 is 0 Å². The Morgan fingerprint density at radius 2 is 1.78 bits per heavy atom. The molecule has 0 amide bonds. The molecule has 0 bridgehead atoms. The summed E-state index contributed by atoms with van der Waals surface area (Å²) >= 11 is 0. The monoisotopic (exact) mass is 236 g/mol. The number of azo groups is 1. The minimum atomic E-state index is 0.227. The second-order valence-electron chi connectivity index (χ2n) is 3.86. The molecule has 0 aliphatic rings. The molecule has 3 nitrogen and oxygen atoms in total. The fraction of sp³-hybridized carbons (Fsp3) is 0.0667. The van der Waals surface area contributed by atoms with Crippen molar-refractivity contribution in [1.29, 1.82) is 0 Å². The van der Waals surface area contributed by atoms with E-state index in [1.165, 1.54) is 0 Å². The van der Waals surface area contributed by atoms with Crippen molar-refractivity contribution in [2.45, 2.75) is 6.92 Å². The SMILES string of the molecule is C#Cc1ccc(N=Nc2ccc(O)cc2C)cc1. The summed E-state index contributed by atoms with van der Waals surface area (Å²) in [5.74, 6) is 2.77. The predicted octanol–water partition coefficient (Wildman–Crippen LogP) is 4.10. The minimum Gasteiger partial charge on any atom is -0.508 e. The van der Waals surface area contributed by atoms with E-state index in [1.54, 1.807) is 18.2 Å². The summed E-state index contributed by atoms with van der Waals surface area (Å²) in [7, 11) is 0. The standard InChI is InChI=1S/C15H12N2O/c1-3-12-4-6-13(7-5-12)16-17-15-9-8-14(18)10-11(15)2/h1,4-10,18H,2H3. The number of phenolic OH excluding ortho intramolecular Hbond substituents is 1. The molecule has 0 aliphatic heterocycles.